The summed E-state index contributed by atoms with van der Waals surface area (Å²) in [6, 6.07) is 3.01. The van der Waals surface area contributed by atoms with Crippen molar-refractivity contribution in [2.45, 2.75) is 11.1 Å². The van der Waals surface area contributed by atoms with E-state index in [-0.39, 0.29) is 28.2 Å². The summed E-state index contributed by atoms with van der Waals surface area (Å²) in [6.45, 7) is 1.73. The van der Waals surface area contributed by atoms with Crippen LogP contribution in [0.2, 0.25) is 0 Å². The van der Waals surface area contributed by atoms with Gasteiger partial charge in [-0.05, 0) is 12.1 Å². The van der Waals surface area contributed by atoms with Gasteiger partial charge in [0.15, 0.2) is 0 Å². The molecule has 1 rings (SSSR count). The number of amides is 1. The molecule has 100 valence electrons. The van der Waals surface area contributed by atoms with E-state index in [1.165, 1.54) is 13.0 Å². The number of thiophene rings is 1. The number of thiocarbonyl (C=S) groups is 1. The fourth-order valence-electron chi connectivity index (χ4n) is 1.09. The van der Waals surface area contributed by atoms with Crippen molar-refractivity contribution >= 4 is 44.5 Å². The first-order chi connectivity index (χ1) is 8.33. The Balaban J connectivity index is 2.62. The third kappa shape index (κ3) is 4.33. The molecule has 6 nitrogen and oxygen atoms in total. The maximum Gasteiger partial charge on any atom is 0.250 e. The average molecular weight is 307 g/mol. The number of rotatable bonds is 6. The lowest BCUT2D eigenvalue weighted by Crippen LogP contribution is -2.33. The van der Waals surface area contributed by atoms with Crippen LogP contribution in [0, 0.1) is 0 Å². The number of hydrogen-bond acceptors (Lipinski definition) is 5. The van der Waals surface area contributed by atoms with Crippen LogP contribution in [-0.4, -0.2) is 32.4 Å². The smallest absolute Gasteiger partial charge is 0.250 e. The zero-order chi connectivity index (χ0) is 13.8. The molecule has 18 heavy (non-hydrogen) atoms. The Morgan fingerprint density at radius 2 is 2.11 bits per heavy atom. The van der Waals surface area contributed by atoms with Crippen molar-refractivity contribution < 1.29 is 13.2 Å². The molecule has 9 heteroatoms. The summed E-state index contributed by atoms with van der Waals surface area (Å²) in [5.41, 5.74) is 5.40. The van der Waals surface area contributed by atoms with Crippen LogP contribution in [-0.2, 0) is 14.8 Å². The lowest BCUT2D eigenvalue weighted by Gasteiger charge is -2.04. The van der Waals surface area contributed by atoms with Gasteiger partial charge in [-0.15, -0.1) is 11.3 Å². The molecule has 1 aromatic rings. The number of nitrogens with two attached hydrogens (primary N) is 1. The largest absolute Gasteiger partial charge is 0.389 e. The van der Waals surface area contributed by atoms with E-state index in [9.17, 15) is 13.2 Å². The second kappa shape index (κ2) is 6.23. The van der Waals surface area contributed by atoms with Gasteiger partial charge in [-0.2, -0.15) is 0 Å². The quantitative estimate of drug-likeness (QED) is 0.499. The SMILES string of the molecule is CC(=O)NCCNS(=O)(=O)c1ccc(C(N)=S)s1. The third-order valence-electron chi connectivity index (χ3n) is 1.88. The molecule has 0 saturated carbocycles. The molecule has 0 aliphatic carbocycles. The van der Waals surface area contributed by atoms with Crippen LogP contribution in [0.25, 0.3) is 0 Å². The van der Waals surface area contributed by atoms with Crippen molar-refractivity contribution in [2.24, 2.45) is 5.73 Å². The highest BCUT2D eigenvalue weighted by Crippen LogP contribution is 2.20. The van der Waals surface area contributed by atoms with Gasteiger partial charge in [0.25, 0.3) is 0 Å². The molecule has 1 heterocycles. The molecule has 1 amide bonds. The molecule has 0 aromatic carbocycles. The topological polar surface area (TPSA) is 101 Å². The van der Waals surface area contributed by atoms with Crippen molar-refractivity contribution in [3.8, 4) is 0 Å². The lowest BCUT2D eigenvalue weighted by atomic mass is 10.5. The van der Waals surface area contributed by atoms with E-state index in [1.54, 1.807) is 6.07 Å². The van der Waals surface area contributed by atoms with Crippen LogP contribution in [0.15, 0.2) is 16.3 Å². The molecule has 4 N–H and O–H groups in total. The van der Waals surface area contributed by atoms with Gasteiger partial charge in [0.2, 0.25) is 15.9 Å². The molecule has 0 bridgehead atoms. The van der Waals surface area contributed by atoms with Crippen LogP contribution < -0.4 is 15.8 Å². The van der Waals surface area contributed by atoms with E-state index in [0.717, 1.165) is 11.3 Å². The van der Waals surface area contributed by atoms with Crippen LogP contribution >= 0.6 is 23.6 Å². The highest BCUT2D eigenvalue weighted by molar-refractivity contribution is 7.91. The maximum atomic E-state index is 11.8. The Morgan fingerprint density at radius 3 is 2.61 bits per heavy atom. The van der Waals surface area contributed by atoms with Crippen molar-refractivity contribution in [1.29, 1.82) is 0 Å². The Hall–Kier alpha value is -1.03. The number of sulfonamides is 1. The van der Waals surface area contributed by atoms with Crippen LogP contribution in [0.4, 0.5) is 0 Å². The molecule has 1 aromatic heterocycles. The molecule has 0 fully saturated rings. The van der Waals surface area contributed by atoms with Gasteiger partial charge < -0.3 is 11.1 Å². The molecule has 0 saturated heterocycles. The van der Waals surface area contributed by atoms with Crippen LogP contribution in [0.5, 0.6) is 0 Å². The Labute approximate surface area is 115 Å². The van der Waals surface area contributed by atoms with Crippen molar-refractivity contribution in [1.82, 2.24) is 10.0 Å². The first-order valence-electron chi connectivity index (χ1n) is 4.96. The van der Waals surface area contributed by atoms with Gasteiger partial charge in [-0.1, -0.05) is 12.2 Å². The number of hydrogen-bond donors (Lipinski definition) is 3. The van der Waals surface area contributed by atoms with E-state index in [4.69, 9.17) is 18.0 Å². The summed E-state index contributed by atoms with van der Waals surface area (Å²) in [5, 5.41) is 2.49. The predicted octanol–water partition coefficient (Wildman–Crippen LogP) is -0.203. The molecule has 0 atom stereocenters. The molecule has 0 aliphatic rings. The Kier molecular flexibility index (Phi) is 5.20. The minimum atomic E-state index is -3.57. The van der Waals surface area contributed by atoms with Gasteiger partial charge in [0.1, 0.15) is 9.20 Å². The monoisotopic (exact) mass is 307 g/mol. The summed E-state index contributed by atoms with van der Waals surface area (Å²) in [4.78, 5) is 11.3. The van der Waals surface area contributed by atoms with E-state index in [0.29, 0.717) is 4.88 Å². The van der Waals surface area contributed by atoms with Crippen molar-refractivity contribution in [3.63, 3.8) is 0 Å². The van der Waals surface area contributed by atoms with Crippen LogP contribution in [0.3, 0.4) is 0 Å². The molecular formula is C9H13N3O3S3. The predicted molar refractivity (Wildman–Crippen MR) is 74.1 cm³/mol. The third-order valence-corrected chi connectivity index (χ3v) is 5.30. The van der Waals surface area contributed by atoms with Gasteiger partial charge in [0.05, 0.1) is 4.88 Å². The molecule has 0 unspecified atom stereocenters. The van der Waals surface area contributed by atoms with E-state index in [1.807, 2.05) is 0 Å². The minimum absolute atomic E-state index is 0.127. The number of carbonyl (C=O) groups excluding carboxylic acids is 1. The summed E-state index contributed by atoms with van der Waals surface area (Å²) < 4.78 is 26.1. The molecular weight excluding hydrogens is 294 g/mol. The minimum Gasteiger partial charge on any atom is -0.389 e. The normalized spacial score (nSPS) is 11.2. The second-order valence-corrected chi connectivity index (χ2v) is 6.88. The lowest BCUT2D eigenvalue weighted by molar-refractivity contribution is -0.118. The standard InChI is InChI=1S/C9H13N3O3S3/c1-6(13)11-4-5-12-18(14,15)8-3-2-7(17-8)9(10)16/h2-3,12H,4-5H2,1H3,(H2,10,16)(H,11,13). The maximum absolute atomic E-state index is 11.8. The Bertz CT molecular complexity index is 550. The fourth-order valence-corrected chi connectivity index (χ4v) is 3.52. The van der Waals surface area contributed by atoms with Crippen molar-refractivity contribution in [3.05, 3.63) is 17.0 Å². The molecule has 0 aliphatic heterocycles. The first-order valence-corrected chi connectivity index (χ1v) is 7.67. The fraction of sp³-hybridized carbons (Fsp3) is 0.333. The van der Waals surface area contributed by atoms with Gasteiger partial charge in [0, 0.05) is 20.0 Å². The summed E-state index contributed by atoms with van der Waals surface area (Å²) in [7, 11) is -3.57. The number of nitrogens with one attached hydrogen (secondary N) is 2. The summed E-state index contributed by atoms with van der Waals surface area (Å²) in [6.07, 6.45) is 0. The van der Waals surface area contributed by atoms with Crippen molar-refractivity contribution in [2.75, 3.05) is 13.1 Å². The van der Waals surface area contributed by atoms with Gasteiger partial charge in [-0.25, -0.2) is 13.1 Å². The zero-order valence-electron chi connectivity index (χ0n) is 9.60. The van der Waals surface area contributed by atoms with Gasteiger partial charge in [-0.3, -0.25) is 4.79 Å². The van der Waals surface area contributed by atoms with Crippen LogP contribution in [0.1, 0.15) is 11.8 Å². The summed E-state index contributed by atoms with van der Waals surface area (Å²) in [5.74, 6) is -0.207. The first kappa shape index (κ1) is 15.0. The highest BCUT2D eigenvalue weighted by atomic mass is 32.2. The molecule has 0 spiro atoms. The summed E-state index contributed by atoms with van der Waals surface area (Å²) >= 11 is 5.77. The average Bonchev–Trinajstić information content (AvgIpc) is 2.74. The van der Waals surface area contributed by atoms with E-state index >= 15 is 0 Å². The van der Waals surface area contributed by atoms with E-state index < -0.39 is 10.0 Å². The Morgan fingerprint density at radius 1 is 1.44 bits per heavy atom. The number of carbonyl (C=O) groups is 1. The molecule has 0 radical (unpaired) electrons. The second-order valence-electron chi connectivity index (χ2n) is 3.36. The van der Waals surface area contributed by atoms with E-state index in [2.05, 4.69) is 10.0 Å². The van der Waals surface area contributed by atoms with Gasteiger partial charge >= 0.3 is 0 Å². The highest BCUT2D eigenvalue weighted by Gasteiger charge is 2.16. The zero-order valence-corrected chi connectivity index (χ0v) is 12.0.